The molecule has 0 aliphatic heterocycles. The predicted octanol–water partition coefficient (Wildman–Crippen LogP) is 5.38. The lowest BCUT2D eigenvalue weighted by molar-refractivity contribution is 1.07. The Labute approximate surface area is 143 Å². The molecule has 3 aromatic rings. The third kappa shape index (κ3) is 3.48. The van der Waals surface area contributed by atoms with Crippen LogP contribution in [0, 0.1) is 0 Å². The molecule has 0 aliphatic carbocycles. The van der Waals surface area contributed by atoms with E-state index in [2.05, 4.69) is 46.8 Å². The van der Waals surface area contributed by atoms with Gasteiger partial charge in [-0.3, -0.25) is 0 Å². The first-order valence-electron chi connectivity index (χ1n) is 6.05. The molecule has 0 amide bonds. The van der Waals surface area contributed by atoms with Crippen molar-refractivity contribution in [2.24, 2.45) is 0 Å². The fourth-order valence-electron chi connectivity index (χ4n) is 1.86. The summed E-state index contributed by atoms with van der Waals surface area (Å²) in [7, 11) is 0. The molecule has 3 nitrogen and oxygen atoms in total. The molecule has 0 fully saturated rings. The molecule has 3 rings (SSSR count). The molecule has 0 atom stereocenters. The smallest absolute Gasteiger partial charge is 0.208 e. The van der Waals surface area contributed by atoms with Gasteiger partial charge in [0.15, 0.2) is 11.6 Å². The number of benzene rings is 2. The van der Waals surface area contributed by atoms with Crippen molar-refractivity contribution in [3.8, 4) is 22.8 Å². The fraction of sp³-hybridized carbons (Fsp3) is 0. The van der Waals surface area contributed by atoms with Crippen molar-refractivity contribution in [2.45, 2.75) is 0 Å². The van der Waals surface area contributed by atoms with Crippen LogP contribution < -0.4 is 0 Å². The van der Waals surface area contributed by atoms with Gasteiger partial charge in [-0.2, -0.15) is 9.97 Å². The largest absolute Gasteiger partial charge is 0.226 e. The van der Waals surface area contributed by atoms with E-state index in [9.17, 15) is 0 Å². The molecule has 21 heavy (non-hydrogen) atoms. The Bertz CT molecular complexity index is 745. The molecule has 0 spiro atoms. The Morgan fingerprint density at radius 2 is 1.19 bits per heavy atom. The molecule has 0 saturated heterocycles. The van der Waals surface area contributed by atoms with E-state index in [1.165, 1.54) is 0 Å². The molecule has 0 bridgehead atoms. The summed E-state index contributed by atoms with van der Waals surface area (Å²) in [6.45, 7) is 0. The number of hydrogen-bond donors (Lipinski definition) is 0. The van der Waals surface area contributed by atoms with Crippen molar-refractivity contribution < 1.29 is 0 Å². The highest BCUT2D eigenvalue weighted by Crippen LogP contribution is 2.25. The third-order valence-electron chi connectivity index (χ3n) is 2.77. The Morgan fingerprint density at radius 1 is 0.714 bits per heavy atom. The summed E-state index contributed by atoms with van der Waals surface area (Å²) in [4.78, 5) is 12.9. The molecular formula is C15H8Br2ClN3. The molecule has 2 aromatic carbocycles. The molecule has 1 aromatic heterocycles. The maximum atomic E-state index is 6.04. The van der Waals surface area contributed by atoms with E-state index in [1.807, 2.05) is 48.5 Å². The predicted molar refractivity (Wildman–Crippen MR) is 91.1 cm³/mol. The number of rotatable bonds is 2. The van der Waals surface area contributed by atoms with Gasteiger partial charge in [-0.05, 0) is 35.9 Å². The van der Waals surface area contributed by atoms with Gasteiger partial charge in [-0.25, -0.2) is 4.98 Å². The van der Waals surface area contributed by atoms with Crippen LogP contribution in [0.4, 0.5) is 0 Å². The first kappa shape index (κ1) is 14.6. The maximum absolute atomic E-state index is 6.04. The van der Waals surface area contributed by atoms with Crippen LogP contribution in [0.1, 0.15) is 0 Å². The van der Waals surface area contributed by atoms with E-state index >= 15 is 0 Å². The molecule has 0 saturated carbocycles. The Kier molecular flexibility index (Phi) is 4.33. The highest BCUT2D eigenvalue weighted by atomic mass is 79.9. The zero-order valence-corrected chi connectivity index (χ0v) is 14.5. The highest BCUT2D eigenvalue weighted by molar-refractivity contribution is 9.10. The van der Waals surface area contributed by atoms with Crippen LogP contribution in [0.3, 0.4) is 0 Å². The van der Waals surface area contributed by atoms with Gasteiger partial charge in [-0.1, -0.05) is 56.1 Å². The van der Waals surface area contributed by atoms with Gasteiger partial charge < -0.3 is 0 Å². The lowest BCUT2D eigenvalue weighted by Crippen LogP contribution is -1.97. The Morgan fingerprint density at radius 3 is 1.62 bits per heavy atom. The Hall–Kier alpha value is -1.30. The minimum Gasteiger partial charge on any atom is -0.208 e. The van der Waals surface area contributed by atoms with Crippen LogP contribution >= 0.6 is 43.5 Å². The van der Waals surface area contributed by atoms with Crippen molar-refractivity contribution in [3.05, 3.63) is 62.8 Å². The van der Waals surface area contributed by atoms with Crippen LogP contribution in [0.15, 0.2) is 57.5 Å². The molecule has 6 heteroatoms. The number of halogens is 3. The molecule has 0 N–H and O–H groups in total. The standard InChI is InChI=1S/C15H8Br2ClN3/c16-11-5-1-3-9(7-11)13-19-14(21-15(18)20-13)10-4-2-6-12(17)8-10/h1-8H. The van der Waals surface area contributed by atoms with E-state index in [-0.39, 0.29) is 5.28 Å². The molecule has 0 radical (unpaired) electrons. The van der Waals surface area contributed by atoms with Crippen LogP contribution in [-0.4, -0.2) is 15.0 Å². The summed E-state index contributed by atoms with van der Waals surface area (Å²) in [5.41, 5.74) is 1.76. The SMILES string of the molecule is Clc1nc(-c2cccc(Br)c2)nc(-c2cccc(Br)c2)n1. The van der Waals surface area contributed by atoms with E-state index < -0.39 is 0 Å². The zero-order chi connectivity index (χ0) is 14.8. The Balaban J connectivity index is 2.12. The quantitative estimate of drug-likeness (QED) is 0.553. The maximum Gasteiger partial charge on any atom is 0.226 e. The van der Waals surface area contributed by atoms with Crippen molar-refractivity contribution in [1.29, 1.82) is 0 Å². The summed E-state index contributed by atoms with van der Waals surface area (Å²) < 4.78 is 1.92. The summed E-state index contributed by atoms with van der Waals surface area (Å²) in [5.74, 6) is 1.09. The molecular weight excluding hydrogens is 417 g/mol. The second-order valence-corrected chi connectivity index (χ2v) is 6.44. The second-order valence-electron chi connectivity index (χ2n) is 4.27. The van der Waals surface area contributed by atoms with Crippen LogP contribution in [-0.2, 0) is 0 Å². The van der Waals surface area contributed by atoms with E-state index in [1.54, 1.807) is 0 Å². The van der Waals surface area contributed by atoms with E-state index in [0.29, 0.717) is 11.6 Å². The minimum absolute atomic E-state index is 0.176. The number of hydrogen-bond acceptors (Lipinski definition) is 3. The highest BCUT2D eigenvalue weighted by Gasteiger charge is 2.09. The van der Waals surface area contributed by atoms with Crippen molar-refractivity contribution in [2.75, 3.05) is 0 Å². The van der Waals surface area contributed by atoms with E-state index in [4.69, 9.17) is 11.6 Å². The van der Waals surface area contributed by atoms with Gasteiger partial charge in [0.1, 0.15) is 0 Å². The summed E-state index contributed by atoms with van der Waals surface area (Å²) in [5, 5.41) is 0.176. The summed E-state index contributed by atoms with van der Waals surface area (Å²) in [6, 6.07) is 15.5. The lowest BCUT2D eigenvalue weighted by Gasteiger charge is -2.05. The van der Waals surface area contributed by atoms with Gasteiger partial charge in [0, 0.05) is 20.1 Å². The van der Waals surface area contributed by atoms with Crippen molar-refractivity contribution in [1.82, 2.24) is 15.0 Å². The molecule has 0 unspecified atom stereocenters. The van der Waals surface area contributed by atoms with Crippen molar-refractivity contribution >= 4 is 43.5 Å². The molecule has 0 aliphatic rings. The van der Waals surface area contributed by atoms with Gasteiger partial charge >= 0.3 is 0 Å². The molecule has 104 valence electrons. The normalized spacial score (nSPS) is 10.6. The first-order chi connectivity index (χ1) is 10.1. The third-order valence-corrected chi connectivity index (χ3v) is 3.93. The second kappa shape index (κ2) is 6.22. The van der Waals surface area contributed by atoms with Gasteiger partial charge in [0.05, 0.1) is 0 Å². The average Bonchev–Trinajstić information content (AvgIpc) is 2.46. The zero-order valence-electron chi connectivity index (χ0n) is 10.6. The number of nitrogens with zero attached hydrogens (tertiary/aromatic N) is 3. The van der Waals surface area contributed by atoms with Crippen LogP contribution in [0.25, 0.3) is 22.8 Å². The van der Waals surface area contributed by atoms with Crippen LogP contribution in [0.2, 0.25) is 5.28 Å². The van der Waals surface area contributed by atoms with Gasteiger partial charge in [-0.15, -0.1) is 0 Å². The first-order valence-corrected chi connectivity index (χ1v) is 8.02. The minimum atomic E-state index is 0.176. The average molecular weight is 426 g/mol. The van der Waals surface area contributed by atoms with E-state index in [0.717, 1.165) is 20.1 Å². The fourth-order valence-corrected chi connectivity index (χ4v) is 2.82. The summed E-state index contributed by atoms with van der Waals surface area (Å²) >= 11 is 12.9. The van der Waals surface area contributed by atoms with Gasteiger partial charge in [0.25, 0.3) is 0 Å². The lowest BCUT2D eigenvalue weighted by atomic mass is 10.2. The van der Waals surface area contributed by atoms with Crippen LogP contribution in [0.5, 0.6) is 0 Å². The summed E-state index contributed by atoms with van der Waals surface area (Å²) in [6.07, 6.45) is 0. The topological polar surface area (TPSA) is 38.7 Å². The van der Waals surface area contributed by atoms with Crippen molar-refractivity contribution in [3.63, 3.8) is 0 Å². The number of aromatic nitrogens is 3. The monoisotopic (exact) mass is 423 g/mol. The molecule has 1 heterocycles. The van der Waals surface area contributed by atoms with Gasteiger partial charge in [0.2, 0.25) is 5.28 Å².